The molecule has 1 atom stereocenters. The van der Waals surface area contributed by atoms with Gasteiger partial charge in [0.05, 0.1) is 24.1 Å². The predicted molar refractivity (Wildman–Crippen MR) is 94.2 cm³/mol. The van der Waals surface area contributed by atoms with Gasteiger partial charge >= 0.3 is 0 Å². The lowest BCUT2D eigenvalue weighted by Crippen LogP contribution is -2.30. The summed E-state index contributed by atoms with van der Waals surface area (Å²) in [6.07, 6.45) is 0. The molecule has 4 nitrogen and oxygen atoms in total. The fourth-order valence-corrected chi connectivity index (χ4v) is 2.81. The second kappa shape index (κ2) is 9.16. The molecule has 0 unspecified atom stereocenters. The molecular weight excluding hydrogens is 344 g/mol. The van der Waals surface area contributed by atoms with Crippen molar-refractivity contribution in [2.24, 2.45) is 0 Å². The van der Waals surface area contributed by atoms with Gasteiger partial charge in [-0.3, -0.25) is 4.79 Å². The van der Waals surface area contributed by atoms with Gasteiger partial charge in [-0.1, -0.05) is 18.2 Å². The number of carbonyl (C=O) groups excluding carboxylic acids is 1. The van der Waals surface area contributed by atoms with Gasteiger partial charge < -0.3 is 10.6 Å². The molecular formula is C18H17F2N3OS. The van der Waals surface area contributed by atoms with Crippen LogP contribution in [0.1, 0.15) is 18.5 Å². The molecule has 0 saturated carbocycles. The highest BCUT2D eigenvalue weighted by Gasteiger charge is 2.12. The van der Waals surface area contributed by atoms with Crippen molar-refractivity contribution in [1.82, 2.24) is 5.32 Å². The summed E-state index contributed by atoms with van der Waals surface area (Å²) in [7, 11) is 0. The molecule has 25 heavy (non-hydrogen) atoms. The van der Waals surface area contributed by atoms with Crippen LogP contribution in [-0.4, -0.2) is 18.2 Å². The number of benzene rings is 2. The quantitative estimate of drug-likeness (QED) is 0.735. The fourth-order valence-electron chi connectivity index (χ4n) is 2.15. The van der Waals surface area contributed by atoms with Crippen molar-refractivity contribution in [2.45, 2.75) is 17.9 Å². The third-order valence-corrected chi connectivity index (χ3v) is 4.41. The number of amides is 1. The highest BCUT2D eigenvalue weighted by Crippen LogP contribution is 2.26. The highest BCUT2D eigenvalue weighted by molar-refractivity contribution is 7.99. The monoisotopic (exact) mass is 361 g/mol. The fraction of sp³-hybridized carbons (Fsp3) is 0.222. The largest absolute Gasteiger partial charge is 0.324 e. The number of nitriles is 1. The molecule has 0 aliphatic carbocycles. The molecule has 0 radical (unpaired) electrons. The summed E-state index contributed by atoms with van der Waals surface area (Å²) in [6, 6.07) is 12.6. The van der Waals surface area contributed by atoms with E-state index in [1.54, 1.807) is 19.1 Å². The van der Waals surface area contributed by atoms with Crippen molar-refractivity contribution in [3.63, 3.8) is 0 Å². The molecule has 0 saturated heterocycles. The maximum absolute atomic E-state index is 13.3. The molecule has 7 heteroatoms. The van der Waals surface area contributed by atoms with Gasteiger partial charge in [-0.25, -0.2) is 8.78 Å². The molecule has 0 bridgehead atoms. The van der Waals surface area contributed by atoms with E-state index in [0.29, 0.717) is 11.3 Å². The zero-order valence-electron chi connectivity index (χ0n) is 13.6. The number of halogens is 2. The Kier molecular flexibility index (Phi) is 6.92. The van der Waals surface area contributed by atoms with Crippen molar-refractivity contribution in [3.8, 4) is 6.07 Å². The minimum atomic E-state index is -0.918. The normalized spacial score (nSPS) is 11.6. The number of hydrogen-bond acceptors (Lipinski definition) is 4. The SMILES string of the molecule is C[C@H](NCC(=O)Nc1ccccc1SCC#N)c1ccc(F)c(F)c1. The first-order valence-electron chi connectivity index (χ1n) is 7.58. The Morgan fingerprint density at radius 2 is 2.00 bits per heavy atom. The summed E-state index contributed by atoms with van der Waals surface area (Å²) >= 11 is 1.34. The second-order valence-electron chi connectivity index (χ2n) is 5.27. The number of rotatable bonds is 7. The number of nitrogens with one attached hydrogen (secondary N) is 2. The standard InChI is InChI=1S/C18H17F2N3OS/c1-12(13-6-7-14(19)15(20)10-13)22-11-18(24)23-16-4-2-3-5-17(16)25-9-8-21/h2-7,10,12,22H,9,11H2,1H3,(H,23,24)/t12-/m0/s1. The Hall–Kier alpha value is -2.43. The third-order valence-electron chi connectivity index (χ3n) is 3.47. The molecule has 0 heterocycles. The van der Waals surface area contributed by atoms with Crippen molar-refractivity contribution in [2.75, 3.05) is 17.6 Å². The first kappa shape index (κ1) is 18.9. The van der Waals surface area contributed by atoms with Crippen LogP contribution in [0.25, 0.3) is 0 Å². The van der Waals surface area contributed by atoms with E-state index in [2.05, 4.69) is 10.6 Å². The van der Waals surface area contributed by atoms with Crippen LogP contribution >= 0.6 is 11.8 Å². The van der Waals surface area contributed by atoms with Crippen LogP contribution in [0.15, 0.2) is 47.4 Å². The summed E-state index contributed by atoms with van der Waals surface area (Å²) in [6.45, 7) is 1.77. The van der Waals surface area contributed by atoms with Gasteiger partial charge in [-0.05, 0) is 36.8 Å². The Morgan fingerprint density at radius 3 is 2.72 bits per heavy atom. The van der Waals surface area contributed by atoms with E-state index in [1.807, 2.05) is 18.2 Å². The number of para-hydroxylation sites is 1. The summed E-state index contributed by atoms with van der Waals surface area (Å²) in [5.41, 5.74) is 1.19. The zero-order chi connectivity index (χ0) is 18.2. The Morgan fingerprint density at radius 1 is 1.24 bits per heavy atom. The van der Waals surface area contributed by atoms with Crippen molar-refractivity contribution in [1.29, 1.82) is 5.26 Å². The molecule has 130 valence electrons. The minimum absolute atomic E-state index is 0.0113. The van der Waals surface area contributed by atoms with Crippen LogP contribution in [0.2, 0.25) is 0 Å². The minimum Gasteiger partial charge on any atom is -0.324 e. The lowest BCUT2D eigenvalue weighted by Gasteiger charge is -2.15. The molecule has 0 spiro atoms. The Balaban J connectivity index is 1.92. The van der Waals surface area contributed by atoms with Gasteiger partial charge in [0.25, 0.3) is 0 Å². The van der Waals surface area contributed by atoms with Crippen LogP contribution in [0.5, 0.6) is 0 Å². The molecule has 0 fully saturated rings. The lowest BCUT2D eigenvalue weighted by molar-refractivity contribution is -0.115. The van der Waals surface area contributed by atoms with Gasteiger partial charge in [0.2, 0.25) is 5.91 Å². The lowest BCUT2D eigenvalue weighted by atomic mass is 10.1. The molecule has 0 aliphatic heterocycles. The van der Waals surface area contributed by atoms with E-state index in [9.17, 15) is 13.6 Å². The predicted octanol–water partition coefficient (Wildman–Crippen LogP) is 3.87. The number of anilines is 1. The Labute approximate surface area is 149 Å². The number of hydrogen-bond donors (Lipinski definition) is 2. The van der Waals surface area contributed by atoms with Crippen molar-refractivity contribution < 1.29 is 13.6 Å². The van der Waals surface area contributed by atoms with Gasteiger partial charge in [-0.2, -0.15) is 5.26 Å². The van der Waals surface area contributed by atoms with Gasteiger partial charge in [0.1, 0.15) is 0 Å². The van der Waals surface area contributed by atoms with Crippen LogP contribution in [0.4, 0.5) is 14.5 Å². The molecule has 0 aromatic heterocycles. The number of thioether (sulfide) groups is 1. The van der Waals surface area contributed by atoms with Crippen LogP contribution in [-0.2, 0) is 4.79 Å². The van der Waals surface area contributed by atoms with Gasteiger partial charge in [-0.15, -0.1) is 11.8 Å². The van der Waals surface area contributed by atoms with Crippen molar-refractivity contribution in [3.05, 3.63) is 59.7 Å². The van der Waals surface area contributed by atoms with E-state index in [4.69, 9.17) is 5.26 Å². The first-order valence-corrected chi connectivity index (χ1v) is 8.56. The van der Waals surface area contributed by atoms with Crippen molar-refractivity contribution >= 4 is 23.4 Å². The van der Waals surface area contributed by atoms with E-state index >= 15 is 0 Å². The smallest absolute Gasteiger partial charge is 0.238 e. The first-order chi connectivity index (χ1) is 12.0. The van der Waals surface area contributed by atoms with Gasteiger partial charge in [0, 0.05) is 10.9 Å². The highest BCUT2D eigenvalue weighted by atomic mass is 32.2. The van der Waals surface area contributed by atoms with Crippen LogP contribution < -0.4 is 10.6 Å². The molecule has 2 aromatic rings. The van der Waals surface area contributed by atoms with E-state index in [0.717, 1.165) is 17.0 Å². The molecule has 0 aliphatic rings. The second-order valence-corrected chi connectivity index (χ2v) is 6.28. The maximum atomic E-state index is 13.3. The number of carbonyl (C=O) groups is 1. The average molecular weight is 361 g/mol. The topological polar surface area (TPSA) is 64.9 Å². The van der Waals surface area contributed by atoms with Gasteiger partial charge in [0.15, 0.2) is 11.6 Å². The van der Waals surface area contributed by atoms with Crippen LogP contribution in [0.3, 0.4) is 0 Å². The molecule has 1 amide bonds. The Bertz CT molecular complexity index is 792. The van der Waals surface area contributed by atoms with E-state index in [1.165, 1.54) is 17.8 Å². The third kappa shape index (κ3) is 5.55. The average Bonchev–Trinajstić information content (AvgIpc) is 2.61. The number of nitrogens with zero attached hydrogens (tertiary/aromatic N) is 1. The zero-order valence-corrected chi connectivity index (χ0v) is 14.4. The van der Waals surface area contributed by atoms with E-state index < -0.39 is 11.6 Å². The summed E-state index contributed by atoms with van der Waals surface area (Å²) in [5, 5.41) is 14.4. The molecule has 2 N–H and O–H groups in total. The van der Waals surface area contributed by atoms with Crippen LogP contribution in [0, 0.1) is 23.0 Å². The summed E-state index contributed by atoms with van der Waals surface area (Å²) < 4.78 is 26.2. The molecule has 2 rings (SSSR count). The summed E-state index contributed by atoms with van der Waals surface area (Å²) in [5.74, 6) is -1.79. The summed E-state index contributed by atoms with van der Waals surface area (Å²) in [4.78, 5) is 12.9. The maximum Gasteiger partial charge on any atom is 0.238 e. The molecule has 2 aromatic carbocycles. The van der Waals surface area contributed by atoms with E-state index in [-0.39, 0.29) is 24.2 Å².